The number of para-hydroxylation sites is 1. The van der Waals surface area contributed by atoms with Gasteiger partial charge in [-0.25, -0.2) is 9.37 Å². The van der Waals surface area contributed by atoms with Crippen LogP contribution in [-0.4, -0.2) is 14.1 Å². The maximum absolute atomic E-state index is 14.5. The van der Waals surface area contributed by atoms with Gasteiger partial charge in [-0.3, -0.25) is 0 Å². The Hall–Kier alpha value is -3.66. The summed E-state index contributed by atoms with van der Waals surface area (Å²) in [7, 11) is 0. The molecule has 4 heteroatoms. The summed E-state index contributed by atoms with van der Waals surface area (Å²) in [6.45, 7) is 5.34. The smallest absolute Gasteiger partial charge is 0.157 e. The number of fused-ring (bicyclic) bond motifs is 1. The molecule has 3 nitrogen and oxygen atoms in total. The van der Waals surface area contributed by atoms with E-state index in [2.05, 4.69) is 46.0 Å². The SMILES string of the molecule is C=Cc1cc2c3c(c1)nc(-c1cc4ccccc4n1Cc1ccccc1F)n3CCC2. The van der Waals surface area contributed by atoms with E-state index in [9.17, 15) is 4.39 Å². The van der Waals surface area contributed by atoms with Crippen molar-refractivity contribution in [3.8, 4) is 11.5 Å². The molecular formula is C27H22FN3. The molecule has 0 atom stereocenters. The summed E-state index contributed by atoms with van der Waals surface area (Å²) in [5.41, 5.74) is 7.44. The van der Waals surface area contributed by atoms with E-state index in [4.69, 9.17) is 4.98 Å². The third-order valence-electron chi connectivity index (χ3n) is 6.33. The fourth-order valence-electron chi connectivity index (χ4n) is 4.89. The lowest BCUT2D eigenvalue weighted by Crippen LogP contribution is -2.11. The van der Waals surface area contributed by atoms with Crippen LogP contribution < -0.4 is 0 Å². The first-order valence-corrected chi connectivity index (χ1v) is 10.7. The maximum atomic E-state index is 14.5. The molecule has 31 heavy (non-hydrogen) atoms. The number of halogens is 1. The van der Waals surface area contributed by atoms with E-state index in [0.717, 1.165) is 52.9 Å². The predicted molar refractivity (Wildman–Crippen MR) is 125 cm³/mol. The molecule has 0 saturated carbocycles. The van der Waals surface area contributed by atoms with Crippen molar-refractivity contribution in [2.24, 2.45) is 0 Å². The molecule has 1 aliphatic heterocycles. The van der Waals surface area contributed by atoms with E-state index >= 15 is 0 Å². The zero-order chi connectivity index (χ0) is 20.9. The molecule has 2 aromatic heterocycles. The number of aryl methyl sites for hydroxylation is 2. The average Bonchev–Trinajstić information content (AvgIpc) is 3.35. The lowest BCUT2D eigenvalue weighted by molar-refractivity contribution is 0.601. The molecule has 0 N–H and O–H groups in total. The van der Waals surface area contributed by atoms with Gasteiger partial charge in [-0.15, -0.1) is 0 Å². The van der Waals surface area contributed by atoms with Crippen molar-refractivity contribution in [2.45, 2.75) is 25.9 Å². The molecule has 3 aromatic carbocycles. The topological polar surface area (TPSA) is 22.8 Å². The normalized spacial score (nSPS) is 13.2. The Morgan fingerprint density at radius 2 is 1.87 bits per heavy atom. The van der Waals surface area contributed by atoms with Gasteiger partial charge in [0.1, 0.15) is 5.82 Å². The van der Waals surface area contributed by atoms with Gasteiger partial charge in [0, 0.05) is 23.0 Å². The second-order valence-electron chi connectivity index (χ2n) is 8.21. The van der Waals surface area contributed by atoms with Gasteiger partial charge >= 0.3 is 0 Å². The Morgan fingerprint density at radius 1 is 1.03 bits per heavy atom. The van der Waals surface area contributed by atoms with Crippen LogP contribution in [0, 0.1) is 5.82 Å². The second kappa shape index (κ2) is 6.95. The summed E-state index contributed by atoms with van der Waals surface area (Å²) in [5.74, 6) is 0.767. The molecule has 1 aliphatic rings. The Bertz CT molecular complexity index is 1470. The summed E-state index contributed by atoms with van der Waals surface area (Å²) in [6.07, 6.45) is 4.03. The monoisotopic (exact) mass is 407 g/mol. The first-order chi connectivity index (χ1) is 15.2. The number of benzene rings is 3. The number of rotatable bonds is 4. The Kier molecular flexibility index (Phi) is 4.06. The largest absolute Gasteiger partial charge is 0.333 e. The molecule has 0 unspecified atom stereocenters. The molecule has 0 spiro atoms. The number of imidazole rings is 1. The summed E-state index contributed by atoms with van der Waals surface area (Å²) in [6, 6.07) is 21.8. The van der Waals surface area contributed by atoms with Crippen molar-refractivity contribution >= 4 is 28.0 Å². The number of aromatic nitrogens is 3. The molecule has 0 bridgehead atoms. The third-order valence-corrected chi connectivity index (χ3v) is 6.33. The van der Waals surface area contributed by atoms with E-state index in [1.807, 2.05) is 30.3 Å². The molecule has 0 aliphatic carbocycles. The predicted octanol–water partition coefficient (Wildman–Crippen LogP) is 6.43. The van der Waals surface area contributed by atoms with Crippen LogP contribution >= 0.6 is 0 Å². The minimum Gasteiger partial charge on any atom is -0.333 e. The van der Waals surface area contributed by atoms with Gasteiger partial charge in [0.25, 0.3) is 0 Å². The molecule has 0 saturated heterocycles. The zero-order valence-corrected chi connectivity index (χ0v) is 17.2. The van der Waals surface area contributed by atoms with E-state index in [1.165, 1.54) is 17.1 Å². The summed E-state index contributed by atoms with van der Waals surface area (Å²) >= 11 is 0. The highest BCUT2D eigenvalue weighted by Crippen LogP contribution is 2.35. The molecular weight excluding hydrogens is 385 g/mol. The second-order valence-corrected chi connectivity index (χ2v) is 8.21. The molecule has 0 amide bonds. The van der Waals surface area contributed by atoms with Gasteiger partial charge in [0.2, 0.25) is 0 Å². The highest BCUT2D eigenvalue weighted by atomic mass is 19.1. The Labute approximate surface area is 180 Å². The van der Waals surface area contributed by atoms with Crippen LogP contribution in [0.5, 0.6) is 0 Å². The van der Waals surface area contributed by atoms with Crippen molar-refractivity contribution in [3.05, 3.63) is 95.8 Å². The Morgan fingerprint density at radius 3 is 2.74 bits per heavy atom. The van der Waals surface area contributed by atoms with E-state index in [1.54, 1.807) is 6.07 Å². The molecule has 0 radical (unpaired) electrons. The van der Waals surface area contributed by atoms with Gasteiger partial charge in [0.15, 0.2) is 5.82 Å². The van der Waals surface area contributed by atoms with E-state index in [-0.39, 0.29) is 5.82 Å². The van der Waals surface area contributed by atoms with Crippen molar-refractivity contribution < 1.29 is 4.39 Å². The zero-order valence-electron chi connectivity index (χ0n) is 17.2. The minimum absolute atomic E-state index is 0.182. The van der Waals surface area contributed by atoms with E-state index in [0.29, 0.717) is 12.1 Å². The van der Waals surface area contributed by atoms with Crippen LogP contribution in [-0.2, 0) is 19.5 Å². The Balaban J connectivity index is 1.62. The van der Waals surface area contributed by atoms with Gasteiger partial charge in [-0.1, -0.05) is 49.1 Å². The van der Waals surface area contributed by atoms with Gasteiger partial charge in [-0.2, -0.15) is 0 Å². The van der Waals surface area contributed by atoms with Crippen LogP contribution in [0.2, 0.25) is 0 Å². The van der Waals surface area contributed by atoms with Crippen LogP contribution in [0.3, 0.4) is 0 Å². The van der Waals surface area contributed by atoms with Crippen LogP contribution in [0.15, 0.2) is 73.3 Å². The summed E-state index contributed by atoms with van der Waals surface area (Å²) in [5, 5.41) is 1.14. The van der Waals surface area contributed by atoms with Crippen LogP contribution in [0.4, 0.5) is 4.39 Å². The summed E-state index contributed by atoms with van der Waals surface area (Å²) < 4.78 is 19.1. The molecule has 0 fully saturated rings. The van der Waals surface area contributed by atoms with Crippen molar-refractivity contribution in [2.75, 3.05) is 0 Å². The first-order valence-electron chi connectivity index (χ1n) is 10.7. The third kappa shape index (κ3) is 2.82. The molecule has 5 aromatic rings. The van der Waals surface area contributed by atoms with Crippen molar-refractivity contribution in [1.82, 2.24) is 14.1 Å². The molecule has 3 heterocycles. The van der Waals surface area contributed by atoms with Gasteiger partial charge in [-0.05, 0) is 54.3 Å². The van der Waals surface area contributed by atoms with Crippen LogP contribution in [0.1, 0.15) is 23.1 Å². The number of hydrogen-bond acceptors (Lipinski definition) is 1. The quantitative estimate of drug-likeness (QED) is 0.336. The summed E-state index contributed by atoms with van der Waals surface area (Å²) in [4.78, 5) is 5.08. The number of hydrogen-bond donors (Lipinski definition) is 0. The minimum atomic E-state index is -0.182. The standard InChI is InChI=1S/C27H22FN3/c1-2-18-14-20-10-7-13-30-26(20)23(15-18)29-27(30)25-16-19-8-4-6-12-24(19)31(25)17-21-9-3-5-11-22(21)28/h2-6,8-9,11-12,14-16H,1,7,10,13,17H2. The highest BCUT2D eigenvalue weighted by molar-refractivity contribution is 5.90. The maximum Gasteiger partial charge on any atom is 0.157 e. The van der Waals surface area contributed by atoms with Gasteiger partial charge in [0.05, 0.1) is 23.3 Å². The highest BCUT2D eigenvalue weighted by Gasteiger charge is 2.23. The van der Waals surface area contributed by atoms with Crippen molar-refractivity contribution in [1.29, 1.82) is 0 Å². The average molecular weight is 407 g/mol. The lowest BCUT2D eigenvalue weighted by Gasteiger charge is -2.18. The first kappa shape index (κ1) is 18.1. The fourth-order valence-corrected chi connectivity index (χ4v) is 4.89. The molecule has 152 valence electrons. The molecule has 6 rings (SSSR count). The van der Waals surface area contributed by atoms with E-state index < -0.39 is 0 Å². The number of nitrogens with zero attached hydrogens (tertiary/aromatic N) is 3. The van der Waals surface area contributed by atoms with Crippen molar-refractivity contribution in [3.63, 3.8) is 0 Å². The fraction of sp³-hybridized carbons (Fsp3) is 0.148. The lowest BCUT2D eigenvalue weighted by atomic mass is 10.0. The van der Waals surface area contributed by atoms with Gasteiger partial charge < -0.3 is 9.13 Å². The van der Waals surface area contributed by atoms with Crippen LogP contribution in [0.25, 0.3) is 39.5 Å².